The van der Waals surface area contributed by atoms with Gasteiger partial charge in [0.15, 0.2) is 0 Å². The SMILES string of the molecule is Cl.O=C(NCC1(NC(=O)C(F)(F)F)CCNCC1)C(F)(F)F. The van der Waals surface area contributed by atoms with Crippen molar-refractivity contribution in [2.24, 2.45) is 0 Å². The predicted octanol–water partition coefficient (Wildman–Crippen LogP) is 0.887. The van der Waals surface area contributed by atoms with Crippen LogP contribution >= 0.6 is 12.4 Å². The van der Waals surface area contributed by atoms with Crippen LogP contribution in [0.4, 0.5) is 26.3 Å². The molecule has 0 atom stereocenters. The van der Waals surface area contributed by atoms with Crippen LogP contribution in [-0.2, 0) is 9.59 Å². The highest BCUT2D eigenvalue weighted by molar-refractivity contribution is 5.85. The molecule has 0 spiro atoms. The molecule has 0 aromatic carbocycles. The molecule has 130 valence electrons. The Hall–Kier alpha value is -1.23. The molecule has 0 unspecified atom stereocenters. The van der Waals surface area contributed by atoms with Crippen molar-refractivity contribution in [3.8, 4) is 0 Å². The zero-order valence-corrected chi connectivity index (χ0v) is 11.8. The molecular weight excluding hydrogens is 344 g/mol. The van der Waals surface area contributed by atoms with Gasteiger partial charge in [-0.05, 0) is 25.9 Å². The van der Waals surface area contributed by atoms with E-state index in [1.807, 2.05) is 0 Å². The topological polar surface area (TPSA) is 70.2 Å². The highest BCUT2D eigenvalue weighted by Crippen LogP contribution is 2.23. The molecule has 22 heavy (non-hydrogen) atoms. The third-order valence-corrected chi connectivity index (χ3v) is 3.04. The minimum atomic E-state index is -5.15. The summed E-state index contributed by atoms with van der Waals surface area (Å²) in [6.07, 6.45) is -10.4. The lowest BCUT2D eigenvalue weighted by Gasteiger charge is -2.38. The molecule has 1 fully saturated rings. The highest BCUT2D eigenvalue weighted by Gasteiger charge is 2.46. The van der Waals surface area contributed by atoms with E-state index >= 15 is 0 Å². The van der Waals surface area contributed by atoms with E-state index < -0.39 is 36.3 Å². The van der Waals surface area contributed by atoms with Crippen LogP contribution in [0.5, 0.6) is 0 Å². The van der Waals surface area contributed by atoms with E-state index in [4.69, 9.17) is 0 Å². The molecule has 0 radical (unpaired) electrons. The minimum absolute atomic E-state index is 0. The van der Waals surface area contributed by atoms with Crippen molar-refractivity contribution >= 4 is 24.2 Å². The molecule has 3 N–H and O–H groups in total. The lowest BCUT2D eigenvalue weighted by atomic mass is 9.88. The molecule has 1 heterocycles. The minimum Gasteiger partial charge on any atom is -0.346 e. The zero-order valence-electron chi connectivity index (χ0n) is 11.0. The molecule has 12 heteroatoms. The Balaban J connectivity index is 0.00000441. The van der Waals surface area contributed by atoms with E-state index in [9.17, 15) is 35.9 Å². The molecule has 0 aromatic heterocycles. The van der Waals surface area contributed by atoms with Gasteiger partial charge in [0.25, 0.3) is 0 Å². The van der Waals surface area contributed by atoms with Crippen LogP contribution < -0.4 is 16.0 Å². The Bertz CT molecular complexity index is 406. The average molecular weight is 358 g/mol. The number of piperidine rings is 1. The first-order chi connectivity index (χ1) is 9.46. The van der Waals surface area contributed by atoms with Gasteiger partial charge in [-0.15, -0.1) is 12.4 Å². The van der Waals surface area contributed by atoms with Crippen molar-refractivity contribution in [2.75, 3.05) is 19.6 Å². The third-order valence-electron chi connectivity index (χ3n) is 3.04. The van der Waals surface area contributed by atoms with Crippen LogP contribution in [0.2, 0.25) is 0 Å². The lowest BCUT2D eigenvalue weighted by Crippen LogP contribution is -2.62. The first kappa shape index (κ1) is 20.8. The van der Waals surface area contributed by atoms with Crippen molar-refractivity contribution in [3.05, 3.63) is 0 Å². The number of carbonyl (C=O) groups excluding carboxylic acids is 2. The summed E-state index contributed by atoms with van der Waals surface area (Å²) in [4.78, 5) is 21.7. The first-order valence-corrected chi connectivity index (χ1v) is 5.91. The van der Waals surface area contributed by atoms with Gasteiger partial charge < -0.3 is 16.0 Å². The maximum Gasteiger partial charge on any atom is 0.471 e. The number of hydrogen-bond acceptors (Lipinski definition) is 3. The monoisotopic (exact) mass is 357 g/mol. The summed E-state index contributed by atoms with van der Waals surface area (Å²) in [5.41, 5.74) is -1.56. The average Bonchev–Trinajstić information content (AvgIpc) is 2.35. The lowest BCUT2D eigenvalue weighted by molar-refractivity contribution is -0.177. The van der Waals surface area contributed by atoms with Crippen LogP contribution in [0.25, 0.3) is 0 Å². The van der Waals surface area contributed by atoms with Crippen molar-refractivity contribution in [3.63, 3.8) is 0 Å². The van der Waals surface area contributed by atoms with Gasteiger partial charge in [-0.25, -0.2) is 0 Å². The summed E-state index contributed by atoms with van der Waals surface area (Å²) in [7, 11) is 0. The van der Waals surface area contributed by atoms with Gasteiger partial charge in [0, 0.05) is 6.54 Å². The van der Waals surface area contributed by atoms with Gasteiger partial charge in [-0.3, -0.25) is 9.59 Å². The Labute approximate surface area is 127 Å². The van der Waals surface area contributed by atoms with Crippen LogP contribution in [0, 0.1) is 0 Å². The molecule has 5 nitrogen and oxygen atoms in total. The highest BCUT2D eigenvalue weighted by atomic mass is 35.5. The fraction of sp³-hybridized carbons (Fsp3) is 0.800. The molecule has 0 saturated carbocycles. The van der Waals surface area contributed by atoms with Crippen LogP contribution in [0.15, 0.2) is 0 Å². The predicted molar refractivity (Wildman–Crippen MR) is 65.3 cm³/mol. The number of amides is 2. The normalized spacial score (nSPS) is 18.1. The number of rotatable bonds is 3. The fourth-order valence-electron chi connectivity index (χ4n) is 1.91. The maximum absolute atomic E-state index is 12.3. The van der Waals surface area contributed by atoms with E-state index in [-0.39, 0.29) is 38.3 Å². The number of halogens is 7. The number of hydrogen-bond donors (Lipinski definition) is 3. The maximum atomic E-state index is 12.3. The largest absolute Gasteiger partial charge is 0.471 e. The van der Waals surface area contributed by atoms with E-state index in [1.165, 1.54) is 5.32 Å². The Kier molecular flexibility index (Phi) is 6.95. The molecular formula is C10H14ClF6N3O2. The molecule has 0 bridgehead atoms. The van der Waals surface area contributed by atoms with E-state index in [2.05, 4.69) is 5.32 Å². The van der Waals surface area contributed by atoms with Gasteiger partial charge >= 0.3 is 24.2 Å². The van der Waals surface area contributed by atoms with E-state index in [0.717, 1.165) is 0 Å². The summed E-state index contributed by atoms with van der Waals surface area (Å²) < 4.78 is 73.1. The third kappa shape index (κ3) is 5.87. The van der Waals surface area contributed by atoms with Crippen molar-refractivity contribution in [1.29, 1.82) is 0 Å². The number of nitrogens with one attached hydrogen (secondary N) is 3. The van der Waals surface area contributed by atoms with E-state index in [1.54, 1.807) is 5.32 Å². The molecule has 0 aliphatic carbocycles. The molecule has 1 saturated heterocycles. The smallest absolute Gasteiger partial charge is 0.346 e. The molecule has 1 aliphatic heterocycles. The fourth-order valence-corrected chi connectivity index (χ4v) is 1.91. The van der Waals surface area contributed by atoms with Crippen LogP contribution in [0.1, 0.15) is 12.8 Å². The quantitative estimate of drug-likeness (QED) is 0.657. The second-order valence-electron chi connectivity index (χ2n) is 4.66. The van der Waals surface area contributed by atoms with Gasteiger partial charge in [0.2, 0.25) is 0 Å². The summed E-state index contributed by atoms with van der Waals surface area (Å²) in [6.45, 7) is -0.311. The van der Waals surface area contributed by atoms with Crippen LogP contribution in [-0.4, -0.2) is 49.3 Å². The molecule has 2 amide bonds. The van der Waals surface area contributed by atoms with Gasteiger partial charge in [-0.2, -0.15) is 26.3 Å². The number of carbonyl (C=O) groups is 2. The van der Waals surface area contributed by atoms with Gasteiger partial charge in [0.1, 0.15) is 0 Å². The Morgan fingerprint density at radius 2 is 1.41 bits per heavy atom. The van der Waals surface area contributed by atoms with E-state index in [0.29, 0.717) is 0 Å². The van der Waals surface area contributed by atoms with Gasteiger partial charge in [0.05, 0.1) is 5.54 Å². The molecule has 1 rings (SSSR count). The van der Waals surface area contributed by atoms with Gasteiger partial charge in [-0.1, -0.05) is 0 Å². The van der Waals surface area contributed by atoms with Crippen molar-refractivity contribution in [2.45, 2.75) is 30.7 Å². The summed E-state index contributed by atoms with van der Waals surface area (Å²) in [5, 5.41) is 6.01. The second-order valence-corrected chi connectivity index (χ2v) is 4.66. The van der Waals surface area contributed by atoms with Crippen molar-refractivity contribution < 1.29 is 35.9 Å². The first-order valence-electron chi connectivity index (χ1n) is 5.91. The summed E-state index contributed by atoms with van der Waals surface area (Å²) in [6, 6.07) is 0. The Morgan fingerprint density at radius 1 is 0.955 bits per heavy atom. The van der Waals surface area contributed by atoms with Crippen LogP contribution in [0.3, 0.4) is 0 Å². The Morgan fingerprint density at radius 3 is 1.82 bits per heavy atom. The standard InChI is InChI=1S/C10H13F6N3O2.ClH/c11-9(12,13)6(20)18-5-8(1-3-17-4-2-8)19-7(21)10(14,15)16;/h17H,1-5H2,(H,18,20)(H,19,21);1H. The molecule has 1 aliphatic rings. The summed E-state index contributed by atoms with van der Waals surface area (Å²) in [5.74, 6) is -4.51. The second kappa shape index (κ2) is 7.36. The summed E-state index contributed by atoms with van der Waals surface area (Å²) >= 11 is 0. The zero-order chi connectivity index (χ0) is 16.3. The molecule has 0 aromatic rings. The van der Waals surface area contributed by atoms with Crippen molar-refractivity contribution in [1.82, 2.24) is 16.0 Å². The number of alkyl halides is 6.